The van der Waals surface area contributed by atoms with Gasteiger partial charge in [0.05, 0.1) is 5.75 Å². The van der Waals surface area contributed by atoms with Crippen molar-refractivity contribution in [3.63, 3.8) is 0 Å². The molecule has 112 valence electrons. The monoisotopic (exact) mass is 333 g/mol. The van der Waals surface area contributed by atoms with Crippen LogP contribution in [0.3, 0.4) is 0 Å². The molecule has 0 radical (unpaired) electrons. The number of hydrogen-bond donors (Lipinski definition) is 0. The van der Waals surface area contributed by atoms with E-state index in [1.54, 1.807) is 23.0 Å². The molecule has 0 aliphatic heterocycles. The summed E-state index contributed by atoms with van der Waals surface area (Å²) < 4.78 is 6.90. The average molecular weight is 333 g/mol. The van der Waals surface area contributed by atoms with E-state index in [0.717, 1.165) is 17.3 Å². The maximum Gasteiger partial charge on any atom is 0.286 e. The van der Waals surface area contributed by atoms with E-state index in [1.165, 1.54) is 11.3 Å². The van der Waals surface area contributed by atoms with Gasteiger partial charge in [0.2, 0.25) is 5.82 Å². The van der Waals surface area contributed by atoms with E-state index in [9.17, 15) is 4.79 Å². The van der Waals surface area contributed by atoms with Gasteiger partial charge in [-0.1, -0.05) is 16.9 Å². The van der Waals surface area contributed by atoms with Crippen LogP contribution in [-0.4, -0.2) is 31.4 Å². The third-order valence-corrected chi connectivity index (χ3v) is 4.28. The topological polar surface area (TPSA) is 86.2 Å². The van der Waals surface area contributed by atoms with Gasteiger partial charge in [0.1, 0.15) is 0 Å². The molecule has 0 saturated carbocycles. The summed E-state index contributed by atoms with van der Waals surface area (Å²) in [5.74, 6) is 0.348. The number of amides is 1. The summed E-state index contributed by atoms with van der Waals surface area (Å²) in [5, 5.41) is 6.07. The number of pyridine rings is 1. The first-order valence-corrected chi connectivity index (χ1v) is 8.13. The zero-order valence-electron chi connectivity index (χ0n) is 11.5. The number of carbonyl (C=O) groups is 1. The van der Waals surface area contributed by atoms with Gasteiger partial charge in [-0.2, -0.15) is 9.98 Å². The van der Waals surface area contributed by atoms with Crippen LogP contribution < -0.4 is 4.80 Å². The molecule has 0 aliphatic rings. The number of carbonyl (C=O) groups excluding carboxylic acids is 1. The molecule has 0 fully saturated rings. The van der Waals surface area contributed by atoms with E-state index in [0.29, 0.717) is 15.8 Å². The van der Waals surface area contributed by atoms with Crippen LogP contribution in [0.5, 0.6) is 0 Å². The van der Waals surface area contributed by atoms with Gasteiger partial charge < -0.3 is 9.09 Å². The van der Waals surface area contributed by atoms with Crippen LogP contribution in [0.2, 0.25) is 0 Å². The van der Waals surface area contributed by atoms with Crippen molar-refractivity contribution >= 4 is 29.0 Å². The van der Waals surface area contributed by atoms with Gasteiger partial charge in [-0.05, 0) is 12.1 Å². The number of rotatable bonds is 4. The van der Waals surface area contributed by atoms with Crippen LogP contribution in [0.25, 0.3) is 11.4 Å². The molecular formula is C13H11N5O2S2. The second-order valence-electron chi connectivity index (χ2n) is 4.22. The Hall–Kier alpha value is -2.26. The Bertz CT molecular complexity index is 837. The molecule has 3 heterocycles. The first-order chi connectivity index (χ1) is 10.7. The van der Waals surface area contributed by atoms with E-state index in [1.807, 2.05) is 24.7 Å². The van der Waals surface area contributed by atoms with Gasteiger partial charge >= 0.3 is 0 Å². The lowest BCUT2D eigenvalue weighted by Crippen LogP contribution is -2.13. The van der Waals surface area contributed by atoms with Gasteiger partial charge in [-0.3, -0.25) is 9.78 Å². The molecule has 0 spiro atoms. The Morgan fingerprint density at radius 2 is 2.45 bits per heavy atom. The van der Waals surface area contributed by atoms with Crippen LogP contribution in [-0.2, 0) is 11.8 Å². The Morgan fingerprint density at radius 1 is 1.55 bits per heavy atom. The van der Waals surface area contributed by atoms with Crippen LogP contribution in [0.4, 0.5) is 0 Å². The van der Waals surface area contributed by atoms with Crippen molar-refractivity contribution in [2.75, 3.05) is 5.75 Å². The van der Waals surface area contributed by atoms with Gasteiger partial charge in [0.15, 0.2) is 4.80 Å². The lowest BCUT2D eigenvalue weighted by molar-refractivity contribution is -0.115. The largest absolute Gasteiger partial charge is 0.327 e. The Kier molecular flexibility index (Phi) is 4.45. The molecule has 3 aromatic heterocycles. The third-order valence-electron chi connectivity index (χ3n) is 2.63. The predicted molar refractivity (Wildman–Crippen MR) is 82.1 cm³/mol. The molecule has 0 aromatic carbocycles. The van der Waals surface area contributed by atoms with Crippen molar-refractivity contribution in [2.24, 2.45) is 12.0 Å². The molecule has 22 heavy (non-hydrogen) atoms. The summed E-state index contributed by atoms with van der Waals surface area (Å²) in [6.07, 6.45) is 5.17. The van der Waals surface area contributed by atoms with Gasteiger partial charge in [0.25, 0.3) is 11.1 Å². The molecule has 0 unspecified atom stereocenters. The SMILES string of the molecule is Cn1ccsc1=NC(=O)CSc1nc(-c2cccnc2)no1. The number of nitrogens with zero attached hydrogens (tertiary/aromatic N) is 5. The minimum Gasteiger partial charge on any atom is -0.327 e. The molecule has 3 rings (SSSR count). The van der Waals surface area contributed by atoms with Gasteiger partial charge in [-0.15, -0.1) is 11.3 Å². The number of thiazole rings is 1. The maximum absolute atomic E-state index is 11.8. The van der Waals surface area contributed by atoms with Gasteiger partial charge in [-0.25, -0.2) is 0 Å². The summed E-state index contributed by atoms with van der Waals surface area (Å²) in [7, 11) is 1.84. The zero-order valence-corrected chi connectivity index (χ0v) is 13.2. The highest BCUT2D eigenvalue weighted by molar-refractivity contribution is 7.99. The Balaban J connectivity index is 1.64. The Labute approximate surface area is 133 Å². The molecule has 0 N–H and O–H groups in total. The highest BCUT2D eigenvalue weighted by atomic mass is 32.2. The maximum atomic E-state index is 11.8. The molecule has 0 aliphatic carbocycles. The fraction of sp³-hybridized carbons (Fsp3) is 0.154. The quantitative estimate of drug-likeness (QED) is 0.676. The van der Waals surface area contributed by atoms with Crippen molar-refractivity contribution in [3.05, 3.63) is 40.9 Å². The number of aryl methyl sites for hydroxylation is 1. The van der Waals surface area contributed by atoms with E-state index in [-0.39, 0.29) is 11.7 Å². The minimum absolute atomic E-state index is 0.145. The first-order valence-electron chi connectivity index (χ1n) is 6.27. The van der Waals surface area contributed by atoms with Crippen molar-refractivity contribution in [1.29, 1.82) is 0 Å². The molecule has 9 heteroatoms. The number of hydrogen-bond acceptors (Lipinski definition) is 7. The van der Waals surface area contributed by atoms with Crippen LogP contribution in [0.15, 0.2) is 50.8 Å². The molecule has 0 atom stereocenters. The van der Waals surface area contributed by atoms with Crippen molar-refractivity contribution < 1.29 is 9.32 Å². The third kappa shape index (κ3) is 3.49. The highest BCUT2D eigenvalue weighted by Crippen LogP contribution is 2.20. The van der Waals surface area contributed by atoms with Crippen LogP contribution >= 0.6 is 23.1 Å². The summed E-state index contributed by atoms with van der Waals surface area (Å²) >= 11 is 2.57. The second-order valence-corrected chi connectivity index (χ2v) is 6.02. The lowest BCUT2D eigenvalue weighted by atomic mass is 10.3. The minimum atomic E-state index is -0.246. The molecule has 0 saturated heterocycles. The molecule has 1 amide bonds. The molecule has 3 aromatic rings. The van der Waals surface area contributed by atoms with Crippen molar-refractivity contribution in [1.82, 2.24) is 19.7 Å². The molecule has 0 bridgehead atoms. The van der Waals surface area contributed by atoms with Crippen molar-refractivity contribution in [2.45, 2.75) is 5.22 Å². The highest BCUT2D eigenvalue weighted by Gasteiger charge is 2.11. The smallest absolute Gasteiger partial charge is 0.286 e. The van der Waals surface area contributed by atoms with Crippen LogP contribution in [0.1, 0.15) is 0 Å². The van der Waals surface area contributed by atoms with E-state index >= 15 is 0 Å². The molecule has 7 nitrogen and oxygen atoms in total. The van der Waals surface area contributed by atoms with Gasteiger partial charge in [0, 0.05) is 36.6 Å². The summed E-state index contributed by atoms with van der Waals surface area (Å²) in [4.78, 5) is 24.7. The van der Waals surface area contributed by atoms with Crippen LogP contribution in [0, 0.1) is 0 Å². The lowest BCUT2D eigenvalue weighted by Gasteiger charge is -1.92. The average Bonchev–Trinajstić information content (AvgIpc) is 3.16. The fourth-order valence-corrected chi connectivity index (χ4v) is 2.88. The first kappa shape index (κ1) is 14.7. The Morgan fingerprint density at radius 3 is 3.18 bits per heavy atom. The second kappa shape index (κ2) is 6.67. The van der Waals surface area contributed by atoms with E-state index in [2.05, 4.69) is 20.1 Å². The predicted octanol–water partition coefficient (Wildman–Crippen LogP) is 1.75. The number of thioether (sulfide) groups is 1. The standard InChI is InChI=1S/C13H11N5O2S2/c1-18-5-6-21-12(18)15-10(19)8-22-13-16-11(17-20-13)9-3-2-4-14-7-9/h2-7H,8H2,1H3. The molecular weight excluding hydrogens is 322 g/mol. The summed E-state index contributed by atoms with van der Waals surface area (Å²) in [6, 6.07) is 3.63. The van der Waals surface area contributed by atoms with E-state index < -0.39 is 0 Å². The summed E-state index contributed by atoms with van der Waals surface area (Å²) in [6.45, 7) is 0. The van der Waals surface area contributed by atoms with Crippen molar-refractivity contribution in [3.8, 4) is 11.4 Å². The number of aromatic nitrogens is 4. The fourth-order valence-electron chi connectivity index (χ4n) is 1.58. The normalized spacial score (nSPS) is 11.8. The summed E-state index contributed by atoms with van der Waals surface area (Å²) in [5.41, 5.74) is 0.764. The zero-order chi connectivity index (χ0) is 15.4. The van der Waals surface area contributed by atoms with E-state index in [4.69, 9.17) is 4.52 Å².